The van der Waals surface area contributed by atoms with Gasteiger partial charge < -0.3 is 14.7 Å². The van der Waals surface area contributed by atoms with Gasteiger partial charge >= 0.3 is 0 Å². The van der Waals surface area contributed by atoms with Gasteiger partial charge in [0.15, 0.2) is 0 Å². The fraction of sp³-hybridized carbons (Fsp3) is 0.556. The second-order valence-electron chi connectivity index (χ2n) is 5.94. The van der Waals surface area contributed by atoms with Crippen molar-refractivity contribution in [2.45, 2.75) is 19.4 Å². The lowest BCUT2D eigenvalue weighted by Gasteiger charge is -2.35. The summed E-state index contributed by atoms with van der Waals surface area (Å²) in [5.74, 6) is 0.00399. The number of aliphatic hydroxyl groups is 1. The van der Waals surface area contributed by atoms with Crippen molar-refractivity contribution in [3.63, 3.8) is 0 Å². The predicted octanol–water partition coefficient (Wildman–Crippen LogP) is 0.908. The zero-order chi connectivity index (χ0) is 17.4. The maximum Gasteiger partial charge on any atom is 0.253 e. The summed E-state index contributed by atoms with van der Waals surface area (Å²) in [5, 5.41) is 18.7. The van der Waals surface area contributed by atoms with E-state index in [-0.39, 0.29) is 5.91 Å². The SMILES string of the molecule is CCOC[C@H](O)CN1CCN(C(=O)c2cccc(CC#N)c2)CC1. The Labute approximate surface area is 143 Å². The number of β-amino-alcohol motifs (C(OH)–C–C–N with tert-alkyl or cyclic N) is 1. The summed E-state index contributed by atoms with van der Waals surface area (Å²) in [7, 11) is 0. The first-order valence-corrected chi connectivity index (χ1v) is 8.37. The maximum atomic E-state index is 12.6. The molecule has 1 aliphatic heterocycles. The number of hydrogen-bond donors (Lipinski definition) is 1. The monoisotopic (exact) mass is 331 g/mol. The van der Waals surface area contributed by atoms with Crippen LogP contribution in [0.15, 0.2) is 24.3 Å². The molecule has 1 heterocycles. The van der Waals surface area contributed by atoms with Gasteiger partial charge in [-0.2, -0.15) is 5.26 Å². The van der Waals surface area contributed by atoms with Crippen LogP contribution in [0.1, 0.15) is 22.8 Å². The third-order valence-electron chi connectivity index (χ3n) is 4.10. The molecule has 24 heavy (non-hydrogen) atoms. The Kier molecular flexibility index (Phi) is 7.19. The number of nitrogens with zero attached hydrogens (tertiary/aromatic N) is 3. The Hall–Kier alpha value is -1.94. The molecule has 0 bridgehead atoms. The van der Waals surface area contributed by atoms with E-state index in [0.29, 0.717) is 44.8 Å². The topological polar surface area (TPSA) is 76.8 Å². The van der Waals surface area contributed by atoms with E-state index < -0.39 is 6.10 Å². The smallest absolute Gasteiger partial charge is 0.253 e. The minimum atomic E-state index is -0.491. The van der Waals surface area contributed by atoms with E-state index in [2.05, 4.69) is 11.0 Å². The van der Waals surface area contributed by atoms with E-state index in [1.807, 2.05) is 24.0 Å². The molecule has 130 valence electrons. The highest BCUT2D eigenvalue weighted by atomic mass is 16.5. The van der Waals surface area contributed by atoms with Gasteiger partial charge in [0, 0.05) is 44.9 Å². The zero-order valence-corrected chi connectivity index (χ0v) is 14.1. The third-order valence-corrected chi connectivity index (χ3v) is 4.10. The van der Waals surface area contributed by atoms with Crippen molar-refractivity contribution >= 4 is 5.91 Å². The van der Waals surface area contributed by atoms with Crippen LogP contribution in [0.25, 0.3) is 0 Å². The molecular weight excluding hydrogens is 306 g/mol. The molecule has 6 heteroatoms. The fourth-order valence-corrected chi connectivity index (χ4v) is 2.83. The fourth-order valence-electron chi connectivity index (χ4n) is 2.83. The van der Waals surface area contributed by atoms with Gasteiger partial charge in [-0.15, -0.1) is 0 Å². The number of carbonyl (C=O) groups is 1. The molecule has 6 nitrogen and oxygen atoms in total. The normalized spacial score (nSPS) is 16.6. The molecule has 1 N–H and O–H groups in total. The number of benzene rings is 1. The molecule has 0 spiro atoms. The van der Waals surface area contributed by atoms with Gasteiger partial charge in [0.1, 0.15) is 0 Å². The quantitative estimate of drug-likeness (QED) is 0.803. The highest BCUT2D eigenvalue weighted by Crippen LogP contribution is 2.12. The van der Waals surface area contributed by atoms with E-state index >= 15 is 0 Å². The van der Waals surface area contributed by atoms with Crippen LogP contribution >= 0.6 is 0 Å². The number of nitriles is 1. The van der Waals surface area contributed by atoms with Crippen molar-refractivity contribution in [3.8, 4) is 6.07 Å². The standard InChI is InChI=1S/C18H25N3O3/c1-2-24-14-17(22)13-20-8-10-21(11-9-20)18(23)16-5-3-4-15(12-16)6-7-19/h3-5,12,17,22H,2,6,8-11,13-14H2,1H3/t17-/m1/s1. The lowest BCUT2D eigenvalue weighted by molar-refractivity contribution is 0.0111. The van der Waals surface area contributed by atoms with Crippen LogP contribution in [0, 0.1) is 11.3 Å². The van der Waals surface area contributed by atoms with Crippen LogP contribution in [0.2, 0.25) is 0 Å². The molecule has 1 amide bonds. The Morgan fingerprint density at radius 1 is 1.38 bits per heavy atom. The van der Waals surface area contributed by atoms with Crippen LogP contribution < -0.4 is 0 Å². The van der Waals surface area contributed by atoms with E-state index in [0.717, 1.165) is 18.7 Å². The minimum absolute atomic E-state index is 0.00399. The molecule has 1 aliphatic rings. The Morgan fingerprint density at radius 2 is 2.12 bits per heavy atom. The summed E-state index contributed by atoms with van der Waals surface area (Å²) in [6, 6.07) is 9.37. The van der Waals surface area contributed by atoms with Crippen LogP contribution in [0.3, 0.4) is 0 Å². The third kappa shape index (κ3) is 5.31. The van der Waals surface area contributed by atoms with Gasteiger partial charge in [0.25, 0.3) is 5.91 Å². The number of hydrogen-bond acceptors (Lipinski definition) is 5. The van der Waals surface area contributed by atoms with Crippen LogP contribution in [-0.2, 0) is 11.2 Å². The molecule has 0 unspecified atom stereocenters. The molecule has 2 rings (SSSR count). The largest absolute Gasteiger partial charge is 0.389 e. The second kappa shape index (κ2) is 9.38. The van der Waals surface area contributed by atoms with Gasteiger partial charge in [-0.25, -0.2) is 0 Å². The maximum absolute atomic E-state index is 12.6. The Bertz CT molecular complexity index is 577. The molecule has 1 atom stereocenters. The van der Waals surface area contributed by atoms with E-state index in [9.17, 15) is 9.90 Å². The molecule has 1 aromatic carbocycles. The van der Waals surface area contributed by atoms with Crippen molar-refractivity contribution in [1.29, 1.82) is 5.26 Å². The van der Waals surface area contributed by atoms with Gasteiger partial charge in [-0.05, 0) is 24.6 Å². The average Bonchev–Trinajstić information content (AvgIpc) is 2.60. The van der Waals surface area contributed by atoms with Crippen molar-refractivity contribution < 1.29 is 14.6 Å². The molecule has 1 fully saturated rings. The summed E-state index contributed by atoms with van der Waals surface area (Å²) in [5.41, 5.74) is 1.49. The summed E-state index contributed by atoms with van der Waals surface area (Å²) in [6.07, 6.45) is -0.179. The van der Waals surface area contributed by atoms with E-state index in [4.69, 9.17) is 10.00 Å². The average molecular weight is 331 g/mol. The molecule has 1 aromatic rings. The van der Waals surface area contributed by atoms with Crippen LogP contribution in [0.5, 0.6) is 0 Å². The first kappa shape index (κ1) is 18.4. The summed E-state index contributed by atoms with van der Waals surface area (Å²) >= 11 is 0. The number of aliphatic hydroxyl groups excluding tert-OH is 1. The minimum Gasteiger partial charge on any atom is -0.389 e. The van der Waals surface area contributed by atoms with Crippen molar-refractivity contribution in [2.24, 2.45) is 0 Å². The Morgan fingerprint density at radius 3 is 2.79 bits per heavy atom. The first-order valence-electron chi connectivity index (χ1n) is 8.37. The van der Waals surface area contributed by atoms with Crippen LogP contribution in [0.4, 0.5) is 0 Å². The highest BCUT2D eigenvalue weighted by molar-refractivity contribution is 5.94. The van der Waals surface area contributed by atoms with Crippen molar-refractivity contribution in [3.05, 3.63) is 35.4 Å². The summed E-state index contributed by atoms with van der Waals surface area (Å²) < 4.78 is 5.22. The molecular formula is C18H25N3O3. The predicted molar refractivity (Wildman–Crippen MR) is 90.6 cm³/mol. The number of ether oxygens (including phenoxy) is 1. The van der Waals surface area contributed by atoms with E-state index in [1.165, 1.54) is 0 Å². The summed E-state index contributed by atoms with van der Waals surface area (Å²) in [6.45, 7) is 6.19. The van der Waals surface area contributed by atoms with Gasteiger partial charge in [0.05, 0.1) is 25.2 Å². The van der Waals surface area contributed by atoms with Gasteiger partial charge in [-0.3, -0.25) is 9.69 Å². The summed E-state index contributed by atoms with van der Waals surface area (Å²) in [4.78, 5) is 16.6. The first-order chi connectivity index (χ1) is 11.6. The molecule has 0 radical (unpaired) electrons. The van der Waals surface area contributed by atoms with Gasteiger partial charge in [-0.1, -0.05) is 12.1 Å². The number of rotatable bonds is 7. The number of amides is 1. The highest BCUT2D eigenvalue weighted by Gasteiger charge is 2.23. The van der Waals surface area contributed by atoms with Crippen molar-refractivity contribution in [1.82, 2.24) is 9.80 Å². The van der Waals surface area contributed by atoms with Gasteiger partial charge in [0.2, 0.25) is 0 Å². The lowest BCUT2D eigenvalue weighted by Crippen LogP contribution is -2.50. The molecule has 0 aromatic heterocycles. The lowest BCUT2D eigenvalue weighted by atomic mass is 10.1. The number of carbonyl (C=O) groups excluding carboxylic acids is 1. The van der Waals surface area contributed by atoms with Crippen LogP contribution in [-0.4, -0.2) is 72.9 Å². The van der Waals surface area contributed by atoms with Crippen molar-refractivity contribution in [2.75, 3.05) is 45.9 Å². The van der Waals surface area contributed by atoms with E-state index in [1.54, 1.807) is 12.1 Å². The zero-order valence-electron chi connectivity index (χ0n) is 14.1. The Balaban J connectivity index is 1.84. The second-order valence-corrected chi connectivity index (χ2v) is 5.94. The number of piperazine rings is 1. The molecule has 0 aliphatic carbocycles. The molecule has 1 saturated heterocycles. The molecule has 0 saturated carbocycles.